The Balaban J connectivity index is 1.70. The number of esters is 1. The van der Waals surface area contributed by atoms with E-state index in [9.17, 15) is 4.79 Å². The van der Waals surface area contributed by atoms with Crippen LogP contribution >= 0.6 is 0 Å². The fourth-order valence-electron chi connectivity index (χ4n) is 2.75. The number of carbonyl (C=O) groups excluding carboxylic acids is 1. The molecule has 1 unspecified atom stereocenters. The molecule has 2 fully saturated rings. The van der Waals surface area contributed by atoms with Crippen molar-refractivity contribution in [3.05, 3.63) is 71.8 Å². The van der Waals surface area contributed by atoms with Crippen molar-refractivity contribution in [1.82, 2.24) is 0 Å². The van der Waals surface area contributed by atoms with Gasteiger partial charge in [0.2, 0.25) is 0 Å². The van der Waals surface area contributed by atoms with E-state index in [4.69, 9.17) is 9.47 Å². The number of benzene rings is 2. The molecule has 2 aromatic carbocycles. The first-order valence-corrected chi connectivity index (χ1v) is 7.30. The molecule has 106 valence electrons. The molecule has 0 aromatic heterocycles. The van der Waals surface area contributed by atoms with Crippen molar-refractivity contribution in [2.75, 3.05) is 0 Å². The van der Waals surface area contributed by atoms with Gasteiger partial charge in [-0.3, -0.25) is 0 Å². The molecule has 0 amide bonds. The zero-order valence-corrected chi connectivity index (χ0v) is 11.6. The lowest BCUT2D eigenvalue weighted by molar-refractivity contribution is -0.146. The van der Waals surface area contributed by atoms with Crippen LogP contribution in [-0.4, -0.2) is 18.2 Å². The Bertz CT molecular complexity index is 607. The number of hydrogen-bond donors (Lipinski definition) is 0. The summed E-state index contributed by atoms with van der Waals surface area (Å²) >= 11 is 0. The SMILES string of the molecule is O=C(OC1CC1)C1OC1(c1ccccc1)c1ccccc1. The van der Waals surface area contributed by atoms with E-state index >= 15 is 0 Å². The second-order valence-corrected chi connectivity index (χ2v) is 5.60. The summed E-state index contributed by atoms with van der Waals surface area (Å²) in [6.07, 6.45) is 1.51. The van der Waals surface area contributed by atoms with Gasteiger partial charge in [-0.25, -0.2) is 4.79 Å². The van der Waals surface area contributed by atoms with E-state index in [0.717, 1.165) is 24.0 Å². The normalized spacial score (nSPS) is 22.6. The Morgan fingerprint density at radius 1 is 0.952 bits per heavy atom. The molecular weight excluding hydrogens is 264 g/mol. The third kappa shape index (κ3) is 2.14. The van der Waals surface area contributed by atoms with Gasteiger partial charge >= 0.3 is 5.97 Å². The summed E-state index contributed by atoms with van der Waals surface area (Å²) < 4.78 is 11.3. The first kappa shape index (κ1) is 12.6. The minimum atomic E-state index is -0.686. The van der Waals surface area contributed by atoms with Gasteiger partial charge in [0.15, 0.2) is 11.7 Å². The first-order valence-electron chi connectivity index (χ1n) is 7.30. The quantitative estimate of drug-likeness (QED) is 0.638. The number of carbonyl (C=O) groups is 1. The maximum Gasteiger partial charge on any atom is 0.339 e. The smallest absolute Gasteiger partial charge is 0.339 e. The summed E-state index contributed by atoms with van der Waals surface area (Å²) in [6.45, 7) is 0. The molecule has 0 N–H and O–H groups in total. The Hall–Kier alpha value is -2.13. The lowest BCUT2D eigenvalue weighted by Crippen LogP contribution is -2.23. The molecule has 3 nitrogen and oxygen atoms in total. The average molecular weight is 280 g/mol. The van der Waals surface area contributed by atoms with Crippen LogP contribution in [0.15, 0.2) is 60.7 Å². The van der Waals surface area contributed by atoms with Gasteiger partial charge in [0.1, 0.15) is 6.10 Å². The van der Waals surface area contributed by atoms with E-state index < -0.39 is 11.7 Å². The number of hydrogen-bond acceptors (Lipinski definition) is 3. The third-order valence-corrected chi connectivity index (χ3v) is 4.04. The molecule has 21 heavy (non-hydrogen) atoms. The molecule has 0 bridgehead atoms. The van der Waals surface area contributed by atoms with Crippen LogP contribution in [0.25, 0.3) is 0 Å². The average Bonchev–Trinajstić information content (AvgIpc) is 3.44. The topological polar surface area (TPSA) is 38.8 Å². The minimum Gasteiger partial charge on any atom is -0.460 e. The molecule has 4 rings (SSSR count). The van der Waals surface area contributed by atoms with Gasteiger partial charge in [-0.1, -0.05) is 60.7 Å². The van der Waals surface area contributed by atoms with Crippen LogP contribution in [0.4, 0.5) is 0 Å². The highest BCUT2D eigenvalue weighted by Gasteiger charge is 2.64. The second kappa shape index (κ2) is 4.71. The van der Waals surface area contributed by atoms with Crippen molar-refractivity contribution in [2.24, 2.45) is 0 Å². The van der Waals surface area contributed by atoms with Crippen molar-refractivity contribution in [3.63, 3.8) is 0 Å². The van der Waals surface area contributed by atoms with Crippen molar-refractivity contribution in [3.8, 4) is 0 Å². The van der Waals surface area contributed by atoms with Gasteiger partial charge in [0.25, 0.3) is 0 Å². The fourth-order valence-corrected chi connectivity index (χ4v) is 2.75. The minimum absolute atomic E-state index is 0.103. The maximum atomic E-state index is 12.3. The maximum absolute atomic E-state index is 12.3. The van der Waals surface area contributed by atoms with Crippen molar-refractivity contribution in [2.45, 2.75) is 30.7 Å². The van der Waals surface area contributed by atoms with E-state index in [1.54, 1.807) is 0 Å². The highest BCUT2D eigenvalue weighted by atomic mass is 16.7. The second-order valence-electron chi connectivity index (χ2n) is 5.60. The van der Waals surface area contributed by atoms with Gasteiger partial charge in [0, 0.05) is 0 Å². The van der Waals surface area contributed by atoms with Crippen LogP contribution in [0.3, 0.4) is 0 Å². The summed E-state index contributed by atoms with van der Waals surface area (Å²) in [5, 5.41) is 0. The van der Waals surface area contributed by atoms with Crippen LogP contribution in [0, 0.1) is 0 Å². The Morgan fingerprint density at radius 3 is 1.95 bits per heavy atom. The molecule has 0 spiro atoms. The Morgan fingerprint density at radius 2 is 1.48 bits per heavy atom. The van der Waals surface area contributed by atoms with Gasteiger partial charge in [-0.05, 0) is 24.0 Å². The molecule has 1 aliphatic carbocycles. The highest BCUT2D eigenvalue weighted by molar-refractivity contribution is 5.82. The van der Waals surface area contributed by atoms with Crippen LogP contribution < -0.4 is 0 Å². The summed E-state index contributed by atoms with van der Waals surface area (Å²) in [5.74, 6) is -0.245. The van der Waals surface area contributed by atoms with Crippen molar-refractivity contribution >= 4 is 5.97 Å². The van der Waals surface area contributed by atoms with E-state index in [0.29, 0.717) is 0 Å². The molecule has 1 atom stereocenters. The number of ether oxygens (including phenoxy) is 2. The predicted molar refractivity (Wildman–Crippen MR) is 77.7 cm³/mol. The molecule has 0 radical (unpaired) electrons. The molecule has 1 heterocycles. The van der Waals surface area contributed by atoms with Crippen LogP contribution in [0.2, 0.25) is 0 Å². The molecular formula is C18H16O3. The zero-order valence-electron chi connectivity index (χ0n) is 11.6. The monoisotopic (exact) mass is 280 g/mol. The highest BCUT2D eigenvalue weighted by Crippen LogP contribution is 2.52. The zero-order chi connectivity index (χ0) is 14.3. The third-order valence-electron chi connectivity index (χ3n) is 4.04. The van der Waals surface area contributed by atoms with Gasteiger partial charge in [-0.15, -0.1) is 0 Å². The molecule has 1 saturated heterocycles. The predicted octanol–water partition coefficient (Wildman–Crippen LogP) is 3.03. The molecule has 2 aliphatic rings. The Labute approximate surface area is 123 Å². The lowest BCUT2D eigenvalue weighted by Gasteiger charge is -2.14. The summed E-state index contributed by atoms with van der Waals surface area (Å²) in [4.78, 5) is 12.3. The summed E-state index contributed by atoms with van der Waals surface area (Å²) in [7, 11) is 0. The van der Waals surface area contributed by atoms with Gasteiger partial charge in [0.05, 0.1) is 0 Å². The number of epoxide rings is 1. The van der Waals surface area contributed by atoms with E-state index in [2.05, 4.69) is 0 Å². The molecule has 2 aromatic rings. The largest absolute Gasteiger partial charge is 0.460 e. The van der Waals surface area contributed by atoms with Crippen LogP contribution in [-0.2, 0) is 19.9 Å². The standard InChI is InChI=1S/C18H16O3/c19-17(20-15-11-12-15)16-18(21-16,13-7-3-1-4-8-13)14-9-5-2-6-10-14/h1-10,15-16H,11-12H2. The fraction of sp³-hybridized carbons (Fsp3) is 0.278. The van der Waals surface area contributed by atoms with Gasteiger partial charge < -0.3 is 9.47 Å². The van der Waals surface area contributed by atoms with Crippen molar-refractivity contribution in [1.29, 1.82) is 0 Å². The molecule has 1 aliphatic heterocycles. The number of rotatable bonds is 4. The summed E-state index contributed by atoms with van der Waals surface area (Å²) in [5.41, 5.74) is 1.30. The van der Waals surface area contributed by atoms with Crippen LogP contribution in [0.5, 0.6) is 0 Å². The summed E-state index contributed by atoms with van der Waals surface area (Å²) in [6, 6.07) is 19.8. The lowest BCUT2D eigenvalue weighted by atomic mass is 9.88. The van der Waals surface area contributed by atoms with Gasteiger partial charge in [-0.2, -0.15) is 0 Å². The van der Waals surface area contributed by atoms with E-state index in [1.807, 2.05) is 60.7 Å². The molecule has 1 saturated carbocycles. The van der Waals surface area contributed by atoms with Crippen LogP contribution in [0.1, 0.15) is 24.0 Å². The van der Waals surface area contributed by atoms with E-state index in [1.165, 1.54) is 0 Å². The molecule has 3 heteroatoms. The Kier molecular flexibility index (Phi) is 2.82. The van der Waals surface area contributed by atoms with Crippen molar-refractivity contribution < 1.29 is 14.3 Å². The first-order chi connectivity index (χ1) is 10.3. The van der Waals surface area contributed by atoms with E-state index in [-0.39, 0.29) is 12.1 Å².